The van der Waals surface area contributed by atoms with Gasteiger partial charge in [-0.05, 0) is 85.8 Å². The van der Waals surface area contributed by atoms with Crippen molar-refractivity contribution in [1.29, 1.82) is 0 Å². The molecule has 0 unspecified atom stereocenters. The third kappa shape index (κ3) is 6.50. The van der Waals surface area contributed by atoms with Crippen molar-refractivity contribution in [3.8, 4) is 0 Å². The van der Waals surface area contributed by atoms with Crippen molar-refractivity contribution in [2.45, 2.75) is 25.8 Å². The van der Waals surface area contributed by atoms with Gasteiger partial charge < -0.3 is 15.0 Å². The van der Waals surface area contributed by atoms with Crippen LogP contribution in [0, 0.1) is 5.92 Å². The minimum Gasteiger partial charge on any atom is -0.378 e. The Bertz CT molecular complexity index is 1070. The normalized spacial score (nSPS) is 17.3. The van der Waals surface area contributed by atoms with Crippen LogP contribution in [0.5, 0.6) is 0 Å². The lowest BCUT2D eigenvalue weighted by Crippen LogP contribution is -2.36. The molecule has 2 fully saturated rings. The van der Waals surface area contributed by atoms with E-state index in [4.69, 9.17) is 4.74 Å². The lowest BCUT2D eigenvalue weighted by atomic mass is 9.90. The standard InChI is InChI=1S/C30H35N3O2/c34-30(31-28-10-12-29(13-11-28)33-18-20-35-21-19-33)27-8-6-26(7-9-27)23-32-16-14-25(15-17-32)22-24-4-2-1-3-5-24/h1-13,25H,14-23H2,(H,31,34). The summed E-state index contributed by atoms with van der Waals surface area (Å²) < 4.78 is 5.42. The fraction of sp³-hybridized carbons (Fsp3) is 0.367. The topological polar surface area (TPSA) is 44.8 Å². The second-order valence-electron chi connectivity index (χ2n) is 9.71. The van der Waals surface area contributed by atoms with Gasteiger partial charge >= 0.3 is 0 Å². The smallest absolute Gasteiger partial charge is 0.255 e. The molecule has 5 nitrogen and oxygen atoms in total. The predicted molar refractivity (Wildman–Crippen MR) is 142 cm³/mol. The highest BCUT2D eigenvalue weighted by Gasteiger charge is 2.19. The minimum absolute atomic E-state index is 0.0719. The maximum Gasteiger partial charge on any atom is 0.255 e. The van der Waals surface area contributed by atoms with Gasteiger partial charge in [-0.1, -0.05) is 42.5 Å². The van der Waals surface area contributed by atoms with Gasteiger partial charge in [0.15, 0.2) is 0 Å². The Hall–Kier alpha value is -3.15. The molecule has 182 valence electrons. The lowest BCUT2D eigenvalue weighted by Gasteiger charge is -2.32. The lowest BCUT2D eigenvalue weighted by molar-refractivity contribution is 0.102. The second kappa shape index (κ2) is 11.5. The van der Waals surface area contributed by atoms with E-state index in [1.807, 2.05) is 24.3 Å². The zero-order valence-corrected chi connectivity index (χ0v) is 20.4. The van der Waals surface area contributed by atoms with E-state index in [0.717, 1.165) is 57.5 Å². The van der Waals surface area contributed by atoms with Crippen molar-refractivity contribution in [3.63, 3.8) is 0 Å². The van der Waals surface area contributed by atoms with Gasteiger partial charge in [0, 0.05) is 36.6 Å². The summed E-state index contributed by atoms with van der Waals surface area (Å²) in [5, 5.41) is 3.02. The van der Waals surface area contributed by atoms with Gasteiger partial charge in [-0.15, -0.1) is 0 Å². The van der Waals surface area contributed by atoms with Crippen molar-refractivity contribution in [1.82, 2.24) is 4.90 Å². The van der Waals surface area contributed by atoms with Crippen LogP contribution in [0.1, 0.15) is 34.3 Å². The van der Waals surface area contributed by atoms with Crippen LogP contribution in [0.2, 0.25) is 0 Å². The largest absolute Gasteiger partial charge is 0.378 e. The Kier molecular flexibility index (Phi) is 7.76. The average molecular weight is 470 g/mol. The van der Waals surface area contributed by atoms with Crippen molar-refractivity contribution in [2.24, 2.45) is 5.92 Å². The molecule has 1 amide bonds. The SMILES string of the molecule is O=C(Nc1ccc(N2CCOCC2)cc1)c1ccc(CN2CCC(Cc3ccccc3)CC2)cc1. The number of nitrogens with one attached hydrogen (secondary N) is 1. The monoisotopic (exact) mass is 469 g/mol. The number of morpholine rings is 1. The van der Waals surface area contributed by atoms with Gasteiger partial charge in [-0.25, -0.2) is 0 Å². The van der Waals surface area contributed by atoms with Crippen molar-refractivity contribution in [3.05, 3.63) is 95.6 Å². The van der Waals surface area contributed by atoms with E-state index < -0.39 is 0 Å². The van der Waals surface area contributed by atoms with Gasteiger partial charge in [0.1, 0.15) is 0 Å². The first-order chi connectivity index (χ1) is 17.2. The van der Waals surface area contributed by atoms with Gasteiger partial charge in [0.05, 0.1) is 13.2 Å². The molecule has 3 aromatic rings. The van der Waals surface area contributed by atoms with Gasteiger partial charge in [0.25, 0.3) is 5.91 Å². The van der Waals surface area contributed by atoms with E-state index >= 15 is 0 Å². The third-order valence-electron chi connectivity index (χ3n) is 7.20. The van der Waals surface area contributed by atoms with Gasteiger partial charge in [-0.2, -0.15) is 0 Å². The molecule has 0 spiro atoms. The summed E-state index contributed by atoms with van der Waals surface area (Å²) in [5.41, 5.74) is 5.38. The Balaban J connectivity index is 1.08. The second-order valence-corrected chi connectivity index (χ2v) is 9.71. The highest BCUT2D eigenvalue weighted by atomic mass is 16.5. The predicted octanol–water partition coefficient (Wildman–Crippen LogP) is 5.23. The van der Waals surface area contributed by atoms with Crippen LogP contribution in [-0.4, -0.2) is 50.2 Å². The molecule has 0 aliphatic carbocycles. The van der Waals surface area contributed by atoms with Crippen LogP contribution in [0.4, 0.5) is 11.4 Å². The van der Waals surface area contributed by atoms with E-state index in [1.54, 1.807) is 0 Å². The zero-order valence-electron chi connectivity index (χ0n) is 20.4. The molecule has 5 heteroatoms. The first-order valence-electron chi connectivity index (χ1n) is 12.8. The maximum atomic E-state index is 12.7. The fourth-order valence-electron chi connectivity index (χ4n) is 5.10. The van der Waals surface area contributed by atoms with E-state index in [9.17, 15) is 4.79 Å². The molecule has 3 aromatic carbocycles. The van der Waals surface area contributed by atoms with Crippen LogP contribution >= 0.6 is 0 Å². The molecule has 0 atom stereocenters. The molecule has 2 heterocycles. The van der Waals surface area contributed by atoms with E-state index in [2.05, 4.69) is 69.7 Å². The van der Waals surface area contributed by atoms with Crippen molar-refractivity contribution >= 4 is 17.3 Å². The number of piperidine rings is 1. The number of hydrogen-bond acceptors (Lipinski definition) is 4. The number of rotatable bonds is 7. The summed E-state index contributed by atoms with van der Waals surface area (Å²) in [6.07, 6.45) is 3.69. The van der Waals surface area contributed by atoms with Gasteiger partial charge in [0.2, 0.25) is 0 Å². The number of nitrogens with zero attached hydrogens (tertiary/aromatic N) is 2. The summed E-state index contributed by atoms with van der Waals surface area (Å²) in [6.45, 7) is 6.57. The Morgan fingerprint density at radius 1 is 0.800 bits per heavy atom. The molecule has 2 aliphatic heterocycles. The number of ether oxygens (including phenoxy) is 1. The first-order valence-corrected chi connectivity index (χ1v) is 12.8. The number of carbonyl (C=O) groups is 1. The fourth-order valence-corrected chi connectivity index (χ4v) is 5.10. The number of likely N-dealkylation sites (tertiary alicyclic amines) is 1. The summed E-state index contributed by atoms with van der Waals surface area (Å²) in [6, 6.07) is 27.0. The molecule has 35 heavy (non-hydrogen) atoms. The van der Waals surface area contributed by atoms with E-state index in [0.29, 0.717) is 5.56 Å². The van der Waals surface area contributed by atoms with Crippen molar-refractivity contribution < 1.29 is 9.53 Å². The van der Waals surface area contributed by atoms with Crippen LogP contribution in [0.25, 0.3) is 0 Å². The summed E-state index contributed by atoms with van der Waals surface area (Å²) in [5.74, 6) is 0.708. The Labute approximate surface area is 208 Å². The molecule has 1 N–H and O–H groups in total. The average Bonchev–Trinajstić information content (AvgIpc) is 2.92. The van der Waals surface area contributed by atoms with E-state index in [1.165, 1.54) is 36.1 Å². The Morgan fingerprint density at radius 2 is 1.49 bits per heavy atom. The van der Waals surface area contributed by atoms with Crippen LogP contribution in [0.3, 0.4) is 0 Å². The number of amides is 1. The van der Waals surface area contributed by atoms with Crippen LogP contribution in [0.15, 0.2) is 78.9 Å². The molecule has 0 saturated carbocycles. The molecular weight excluding hydrogens is 434 g/mol. The molecule has 0 bridgehead atoms. The third-order valence-corrected chi connectivity index (χ3v) is 7.20. The molecule has 5 rings (SSSR count). The summed E-state index contributed by atoms with van der Waals surface area (Å²) >= 11 is 0. The molecular formula is C30H35N3O2. The molecule has 2 saturated heterocycles. The highest BCUT2D eigenvalue weighted by molar-refractivity contribution is 6.04. The summed E-state index contributed by atoms with van der Waals surface area (Å²) in [4.78, 5) is 17.6. The van der Waals surface area contributed by atoms with E-state index in [-0.39, 0.29) is 5.91 Å². The van der Waals surface area contributed by atoms with Crippen LogP contribution in [-0.2, 0) is 17.7 Å². The number of benzene rings is 3. The minimum atomic E-state index is -0.0719. The Morgan fingerprint density at radius 3 is 2.17 bits per heavy atom. The van der Waals surface area contributed by atoms with Gasteiger partial charge in [-0.3, -0.25) is 9.69 Å². The zero-order chi connectivity index (χ0) is 23.9. The van der Waals surface area contributed by atoms with Crippen LogP contribution < -0.4 is 10.2 Å². The highest BCUT2D eigenvalue weighted by Crippen LogP contribution is 2.23. The number of hydrogen-bond donors (Lipinski definition) is 1. The molecule has 2 aliphatic rings. The molecule has 0 aromatic heterocycles. The van der Waals surface area contributed by atoms with Crippen molar-refractivity contribution in [2.75, 3.05) is 49.6 Å². The number of carbonyl (C=O) groups excluding carboxylic acids is 1. The first kappa shape index (κ1) is 23.6. The summed E-state index contributed by atoms with van der Waals surface area (Å²) in [7, 11) is 0. The maximum absolute atomic E-state index is 12.7. The quantitative estimate of drug-likeness (QED) is 0.515. The number of anilines is 2. The molecule has 0 radical (unpaired) electrons.